The number of hydrogen-bond donors (Lipinski definition) is 6. The molecule has 8 rings (SSSR count). The number of carboxylic acid groups (broad SMARTS) is 2. The Morgan fingerprint density at radius 2 is 1.19 bits per heavy atom. The Labute approximate surface area is 400 Å². The van der Waals surface area contributed by atoms with Gasteiger partial charge in [-0.15, -0.1) is 22.7 Å². The maximum atomic E-state index is 13.5. The molecular weight excluding hydrogens is 978 g/mol. The zero-order valence-electron chi connectivity index (χ0n) is 36.0. The van der Waals surface area contributed by atoms with Gasteiger partial charge >= 0.3 is 11.9 Å². The molecule has 0 aliphatic carbocycles. The number of aromatic nitrogens is 4. The zero-order chi connectivity index (χ0) is 49.2. The Hall–Kier alpha value is -6.29. The van der Waals surface area contributed by atoms with Gasteiger partial charge in [0.1, 0.15) is 27.7 Å². The first kappa shape index (κ1) is 50.6. The molecule has 2 amide bonds. The molecule has 26 heteroatoms. The van der Waals surface area contributed by atoms with Crippen molar-refractivity contribution in [1.82, 2.24) is 30.6 Å². The number of methoxy groups -OCH3 is 1. The van der Waals surface area contributed by atoms with Crippen LogP contribution in [0.15, 0.2) is 56.7 Å². The van der Waals surface area contributed by atoms with Gasteiger partial charge in [-0.05, 0) is 46.2 Å². The first-order chi connectivity index (χ1) is 33.2. The van der Waals surface area contributed by atoms with Crippen molar-refractivity contribution in [2.24, 2.45) is 0 Å². The third-order valence-corrected chi connectivity index (χ3v) is 12.3. The lowest BCUT2D eigenvalue weighted by Crippen LogP contribution is -2.42. The van der Waals surface area contributed by atoms with Crippen molar-refractivity contribution in [3.63, 3.8) is 0 Å². The molecule has 6 aromatic rings. The lowest BCUT2D eigenvalue weighted by Gasteiger charge is -2.27. The number of benzene rings is 2. The summed E-state index contributed by atoms with van der Waals surface area (Å²) >= 11 is 8.14. The average molecular weight is 1020 g/mol. The Morgan fingerprint density at radius 1 is 0.725 bits per heavy atom. The number of aromatic amines is 2. The number of carboxylic acids is 2. The Bertz CT molecular complexity index is 2950. The number of thiophene rings is 2. The molecule has 4 unspecified atom stereocenters. The number of halogens is 3. The van der Waals surface area contributed by atoms with Crippen LogP contribution in [0.4, 0.5) is 8.78 Å². The largest absolute Gasteiger partial charge is 0.494 e. The van der Waals surface area contributed by atoms with Crippen LogP contribution < -0.4 is 26.5 Å². The van der Waals surface area contributed by atoms with Gasteiger partial charge in [-0.25, -0.2) is 28.3 Å². The van der Waals surface area contributed by atoms with Crippen molar-refractivity contribution >= 4 is 78.5 Å². The number of rotatable bonds is 17. The molecule has 69 heavy (non-hydrogen) atoms. The van der Waals surface area contributed by atoms with Gasteiger partial charge < -0.3 is 64.0 Å². The summed E-state index contributed by atoms with van der Waals surface area (Å²) in [5.41, 5.74) is 1.43. The van der Waals surface area contributed by atoms with E-state index in [1.807, 2.05) is 0 Å². The number of aliphatic carboxylic acids is 2. The molecule has 2 saturated heterocycles. The number of carbonyl (C=O) groups excluding carboxylic acids is 2. The van der Waals surface area contributed by atoms with E-state index >= 15 is 0 Å². The molecule has 2 aliphatic rings. The van der Waals surface area contributed by atoms with E-state index in [1.165, 1.54) is 66.2 Å². The van der Waals surface area contributed by atoms with Gasteiger partial charge in [-0.1, -0.05) is 23.7 Å². The van der Waals surface area contributed by atoms with Crippen LogP contribution in [0.5, 0.6) is 5.75 Å². The lowest BCUT2D eigenvalue weighted by molar-refractivity contribution is -0.182. The highest BCUT2D eigenvalue weighted by atomic mass is 35.5. The highest BCUT2D eigenvalue weighted by Crippen LogP contribution is 2.24. The van der Waals surface area contributed by atoms with E-state index in [2.05, 4.69) is 30.6 Å². The predicted molar refractivity (Wildman–Crippen MR) is 241 cm³/mol. The Kier molecular flexibility index (Phi) is 17.1. The van der Waals surface area contributed by atoms with Gasteiger partial charge in [0.25, 0.3) is 22.9 Å². The van der Waals surface area contributed by atoms with Crippen LogP contribution in [-0.2, 0) is 64.3 Å². The van der Waals surface area contributed by atoms with Crippen LogP contribution in [0.25, 0.3) is 20.4 Å². The molecule has 2 fully saturated rings. The number of fused-ring (bicyclic) bond motifs is 2. The smallest absolute Gasteiger partial charge is 0.335 e. The van der Waals surface area contributed by atoms with E-state index in [4.69, 9.17) is 55.0 Å². The number of nitrogens with zero attached hydrogens (tertiary/aromatic N) is 2. The fraction of sp³-hybridized carbons (Fsp3) is 0.349. The van der Waals surface area contributed by atoms with Crippen LogP contribution in [0.3, 0.4) is 0 Å². The molecule has 366 valence electrons. The van der Waals surface area contributed by atoms with Crippen molar-refractivity contribution in [2.45, 2.75) is 50.7 Å². The molecule has 2 aromatic carbocycles. The van der Waals surface area contributed by atoms with Gasteiger partial charge in [0.15, 0.2) is 23.8 Å². The minimum Gasteiger partial charge on any atom is -0.494 e. The van der Waals surface area contributed by atoms with E-state index in [1.54, 1.807) is 10.8 Å². The molecule has 2 aliphatic heterocycles. The quantitative estimate of drug-likeness (QED) is 0.0762. The molecule has 4 atom stereocenters. The van der Waals surface area contributed by atoms with Gasteiger partial charge in [0, 0.05) is 24.2 Å². The summed E-state index contributed by atoms with van der Waals surface area (Å²) in [4.78, 5) is 86.2. The summed E-state index contributed by atoms with van der Waals surface area (Å²) in [5, 5.41) is 27.1. The van der Waals surface area contributed by atoms with Crippen molar-refractivity contribution < 1.29 is 71.3 Å². The van der Waals surface area contributed by atoms with Gasteiger partial charge in [0.2, 0.25) is 11.6 Å². The second-order valence-corrected chi connectivity index (χ2v) is 17.2. The van der Waals surface area contributed by atoms with E-state index in [9.17, 15) is 37.5 Å². The van der Waals surface area contributed by atoms with Crippen molar-refractivity contribution in [2.75, 3.05) is 46.8 Å². The first-order valence-electron chi connectivity index (χ1n) is 20.6. The summed E-state index contributed by atoms with van der Waals surface area (Å²) in [6, 6.07) is 8.30. The van der Waals surface area contributed by atoms with Crippen LogP contribution in [0.1, 0.15) is 43.5 Å². The maximum Gasteiger partial charge on any atom is 0.335 e. The van der Waals surface area contributed by atoms with Crippen molar-refractivity contribution in [3.8, 4) is 5.75 Å². The highest BCUT2D eigenvalue weighted by Gasteiger charge is 2.29. The molecule has 4 aromatic heterocycles. The highest BCUT2D eigenvalue weighted by molar-refractivity contribution is 7.17. The lowest BCUT2D eigenvalue weighted by atomic mass is 10.2. The van der Waals surface area contributed by atoms with E-state index in [-0.39, 0.29) is 88.4 Å². The minimum atomic E-state index is -1.08. The summed E-state index contributed by atoms with van der Waals surface area (Å²) in [6.07, 6.45) is -2.80. The number of amides is 2. The molecular formula is C43H41ClF2N6O15S2. The van der Waals surface area contributed by atoms with Crippen LogP contribution in [0, 0.1) is 11.6 Å². The first-order valence-corrected chi connectivity index (χ1v) is 22.7. The molecule has 21 nitrogen and oxygen atoms in total. The second kappa shape index (κ2) is 23.3. The molecule has 6 heterocycles. The SMILES string of the molecule is COc1cc(CNC(=O)c2nc3scc(COCC4COC(C(=O)O)CO4)c3c(=O)[nH]2)ccc1F.O=C(NCc1ccc(F)c(Cl)c1)c1nc2scc(COCC3COC(C(=O)O)CO3)c2c(=O)[nH]1. The van der Waals surface area contributed by atoms with Gasteiger partial charge in [-0.3, -0.25) is 19.2 Å². The molecule has 6 N–H and O–H groups in total. The topological polar surface area (TPSA) is 289 Å². The monoisotopic (exact) mass is 1020 g/mol. The van der Waals surface area contributed by atoms with Crippen LogP contribution >= 0.6 is 34.3 Å². The van der Waals surface area contributed by atoms with E-state index in [0.717, 1.165) is 0 Å². The number of hydrogen-bond acceptors (Lipinski definition) is 17. The summed E-state index contributed by atoms with van der Waals surface area (Å²) in [7, 11) is 1.35. The number of ether oxygens (including phenoxy) is 7. The van der Waals surface area contributed by atoms with Crippen molar-refractivity contribution in [1.29, 1.82) is 0 Å². The molecule has 0 radical (unpaired) electrons. The number of H-pyrrole nitrogens is 2. The second-order valence-electron chi connectivity index (χ2n) is 15.1. The normalized spacial score (nSPS) is 18.0. The maximum absolute atomic E-state index is 13.5. The summed E-state index contributed by atoms with van der Waals surface area (Å²) < 4.78 is 64.2. The number of nitrogens with one attached hydrogen (secondary N) is 4. The fourth-order valence-corrected chi connectivity index (χ4v) is 8.66. The van der Waals surface area contributed by atoms with Crippen LogP contribution in [0.2, 0.25) is 5.02 Å². The summed E-state index contributed by atoms with van der Waals surface area (Å²) in [5.74, 6) is -4.65. The standard InChI is InChI=1S/C22H22FN3O8S.C21H19ClFN3O7S/c1-31-15-4-11(2-3-14(15)23)5-24-20(28)18-25-19(27)17-12(10-35-21(17)26-18)6-32-7-13-8-34-16(9-33-13)22(29)30;22-13-3-10(1-2-14(13)23)4-24-19(28)17-25-18(27)16-11(9-34-20(16)26-17)5-31-6-12-7-33-15(8-32-12)21(29)30/h2-4,10,13,16H,5-9H2,1H3,(H,24,28)(H,29,30)(H,25,26,27);1-3,9,12,15H,4-8H2,(H,24,28)(H,29,30)(H,25,26,27). The third kappa shape index (κ3) is 13.1. The number of carbonyl (C=O) groups is 4. The molecule has 0 spiro atoms. The minimum absolute atomic E-state index is 0.0555. The third-order valence-electron chi connectivity index (χ3n) is 10.2. The van der Waals surface area contributed by atoms with Crippen molar-refractivity contribution in [3.05, 3.63) is 118 Å². The average Bonchev–Trinajstić information content (AvgIpc) is 3.96. The Balaban J connectivity index is 0.000000204. The fourth-order valence-electron chi connectivity index (χ4n) is 6.60. The van der Waals surface area contributed by atoms with E-state index < -0.39 is 70.9 Å². The predicted octanol–water partition coefficient (Wildman–Crippen LogP) is 3.54. The van der Waals surface area contributed by atoms with Gasteiger partial charge in [0.05, 0.1) is 75.8 Å². The molecule has 0 saturated carbocycles. The van der Waals surface area contributed by atoms with Gasteiger partial charge in [-0.2, -0.15) is 0 Å². The van der Waals surface area contributed by atoms with E-state index in [0.29, 0.717) is 42.7 Å². The molecule has 0 bridgehead atoms. The zero-order valence-corrected chi connectivity index (χ0v) is 38.4. The Morgan fingerprint density at radius 3 is 1.61 bits per heavy atom. The summed E-state index contributed by atoms with van der Waals surface area (Å²) in [6.45, 7) is 0.729. The van der Waals surface area contributed by atoms with Crippen LogP contribution in [-0.4, -0.2) is 125 Å².